The van der Waals surface area contributed by atoms with Gasteiger partial charge in [0, 0.05) is 10.8 Å². The van der Waals surface area contributed by atoms with E-state index in [1.165, 1.54) is 0 Å². The third-order valence-electron chi connectivity index (χ3n) is 1.99. The van der Waals surface area contributed by atoms with E-state index in [2.05, 4.69) is 12.6 Å². The van der Waals surface area contributed by atoms with E-state index in [1.54, 1.807) is 0 Å². The number of rotatable bonds is 0. The van der Waals surface area contributed by atoms with E-state index in [4.69, 9.17) is 16.3 Å². The van der Waals surface area contributed by atoms with Crippen LogP contribution in [0.1, 0.15) is 17.2 Å². The van der Waals surface area contributed by atoms with E-state index in [0.717, 1.165) is 17.7 Å². The summed E-state index contributed by atoms with van der Waals surface area (Å²) in [7, 11) is 0. The molecule has 0 bridgehead atoms. The van der Waals surface area contributed by atoms with Gasteiger partial charge >= 0.3 is 0 Å². The number of benzene rings is 1. The third kappa shape index (κ3) is 1.29. The highest BCUT2D eigenvalue weighted by Crippen LogP contribution is 2.39. The van der Waals surface area contributed by atoms with Crippen molar-refractivity contribution in [2.24, 2.45) is 0 Å². The van der Waals surface area contributed by atoms with Crippen LogP contribution in [-0.4, -0.2) is 6.61 Å². The molecule has 12 heavy (non-hydrogen) atoms. The smallest absolute Gasteiger partial charge is 0.142 e. The predicted molar refractivity (Wildman–Crippen MR) is 53.3 cm³/mol. The topological polar surface area (TPSA) is 9.23 Å². The maximum absolute atomic E-state index is 5.95. The van der Waals surface area contributed by atoms with Gasteiger partial charge in [0.15, 0.2) is 0 Å². The number of thiol groups is 1. The zero-order valence-corrected chi connectivity index (χ0v) is 8.11. The Labute approximate surface area is 82.1 Å². The molecule has 0 radical (unpaired) electrons. The molecular formula is C9H9ClOS. The van der Waals surface area contributed by atoms with Gasteiger partial charge in [-0.3, -0.25) is 0 Å². The lowest BCUT2D eigenvalue weighted by atomic mass is 10.1. The summed E-state index contributed by atoms with van der Waals surface area (Å²) in [5, 5.41) is 0.957. The van der Waals surface area contributed by atoms with Crippen LogP contribution in [0, 0.1) is 0 Å². The molecule has 1 heterocycles. The Morgan fingerprint density at radius 3 is 3.08 bits per heavy atom. The van der Waals surface area contributed by atoms with Crippen LogP contribution in [0.3, 0.4) is 0 Å². The van der Waals surface area contributed by atoms with Crippen LogP contribution in [0.25, 0.3) is 0 Å². The Bertz CT molecular complexity index is 301. The Hall–Kier alpha value is -0.340. The van der Waals surface area contributed by atoms with E-state index in [1.807, 2.05) is 18.2 Å². The van der Waals surface area contributed by atoms with Gasteiger partial charge < -0.3 is 4.74 Å². The first-order chi connectivity index (χ1) is 5.79. The minimum atomic E-state index is 0.271. The molecule has 0 fully saturated rings. The molecule has 0 aliphatic carbocycles. The van der Waals surface area contributed by atoms with Crippen LogP contribution < -0.4 is 4.74 Å². The van der Waals surface area contributed by atoms with Crippen molar-refractivity contribution in [3.05, 3.63) is 28.8 Å². The van der Waals surface area contributed by atoms with Crippen LogP contribution >= 0.6 is 24.2 Å². The molecule has 0 N–H and O–H groups in total. The first-order valence-corrected chi connectivity index (χ1v) is 4.78. The third-order valence-corrected chi connectivity index (χ3v) is 2.83. The quantitative estimate of drug-likeness (QED) is 0.634. The predicted octanol–water partition coefficient (Wildman–Crippen LogP) is 3.09. The van der Waals surface area contributed by atoms with Crippen LogP contribution in [-0.2, 0) is 0 Å². The summed E-state index contributed by atoms with van der Waals surface area (Å²) in [5.74, 6) is 0.811. The lowest BCUT2D eigenvalue weighted by Crippen LogP contribution is -2.10. The van der Waals surface area contributed by atoms with Gasteiger partial charge in [0.25, 0.3) is 0 Å². The second kappa shape index (κ2) is 3.19. The fraction of sp³-hybridized carbons (Fsp3) is 0.333. The molecule has 1 aromatic carbocycles. The van der Waals surface area contributed by atoms with Crippen molar-refractivity contribution in [1.82, 2.24) is 0 Å². The molecule has 64 valence electrons. The van der Waals surface area contributed by atoms with Crippen molar-refractivity contribution >= 4 is 24.2 Å². The largest absolute Gasteiger partial charge is 0.492 e. The van der Waals surface area contributed by atoms with Gasteiger partial charge in [-0.15, -0.1) is 0 Å². The Morgan fingerprint density at radius 2 is 2.33 bits per heavy atom. The second-order valence-corrected chi connectivity index (χ2v) is 3.84. The lowest BCUT2D eigenvalue weighted by Gasteiger charge is -2.22. The molecule has 1 aliphatic rings. The minimum absolute atomic E-state index is 0.271. The molecule has 2 rings (SSSR count). The van der Waals surface area contributed by atoms with Crippen molar-refractivity contribution in [3.63, 3.8) is 0 Å². The van der Waals surface area contributed by atoms with E-state index in [0.29, 0.717) is 11.6 Å². The number of fused-ring (bicyclic) bond motifs is 1. The van der Waals surface area contributed by atoms with Crippen LogP contribution in [0.4, 0.5) is 0 Å². The molecule has 1 aromatic rings. The molecule has 0 aromatic heterocycles. The van der Waals surface area contributed by atoms with Crippen molar-refractivity contribution < 1.29 is 4.74 Å². The number of hydrogen-bond acceptors (Lipinski definition) is 2. The Balaban J connectivity index is 2.52. The summed E-state index contributed by atoms with van der Waals surface area (Å²) in [5.41, 5.74) is 1.11. The van der Waals surface area contributed by atoms with E-state index in [9.17, 15) is 0 Å². The maximum atomic E-state index is 5.95. The number of hydrogen-bond donors (Lipinski definition) is 1. The molecule has 0 amide bonds. The normalized spacial score (nSPS) is 21.3. The fourth-order valence-electron chi connectivity index (χ4n) is 1.37. The second-order valence-electron chi connectivity index (χ2n) is 2.81. The first kappa shape index (κ1) is 8.27. The van der Waals surface area contributed by atoms with Gasteiger partial charge in [-0.05, 0) is 12.5 Å². The zero-order chi connectivity index (χ0) is 8.55. The molecule has 0 saturated heterocycles. The number of ether oxygens (including phenoxy) is 1. The molecule has 1 nitrogen and oxygen atoms in total. The van der Waals surface area contributed by atoms with Crippen LogP contribution in [0.15, 0.2) is 18.2 Å². The molecular weight excluding hydrogens is 192 g/mol. The van der Waals surface area contributed by atoms with E-state index < -0.39 is 0 Å². The standard InChI is InChI=1S/C9H9ClOS/c10-7-3-1-2-6-8(12)4-5-11-9(6)7/h1-3,8,12H,4-5H2. The Kier molecular flexibility index (Phi) is 2.20. The highest BCUT2D eigenvalue weighted by molar-refractivity contribution is 7.80. The average Bonchev–Trinajstić information content (AvgIpc) is 2.07. The van der Waals surface area contributed by atoms with Crippen molar-refractivity contribution in [3.8, 4) is 5.75 Å². The van der Waals surface area contributed by atoms with Gasteiger partial charge in [-0.1, -0.05) is 23.7 Å². The van der Waals surface area contributed by atoms with Gasteiger partial charge in [-0.25, -0.2) is 0 Å². The monoisotopic (exact) mass is 200 g/mol. The average molecular weight is 201 g/mol. The minimum Gasteiger partial charge on any atom is -0.492 e. The van der Waals surface area contributed by atoms with Crippen molar-refractivity contribution in [2.75, 3.05) is 6.61 Å². The maximum Gasteiger partial charge on any atom is 0.142 e. The van der Waals surface area contributed by atoms with Gasteiger partial charge in [0.1, 0.15) is 5.75 Å². The highest BCUT2D eigenvalue weighted by Gasteiger charge is 2.19. The zero-order valence-electron chi connectivity index (χ0n) is 6.46. The molecule has 0 saturated carbocycles. The van der Waals surface area contributed by atoms with E-state index >= 15 is 0 Å². The summed E-state index contributed by atoms with van der Waals surface area (Å²) in [4.78, 5) is 0. The lowest BCUT2D eigenvalue weighted by molar-refractivity contribution is 0.287. The van der Waals surface area contributed by atoms with Gasteiger partial charge in [0.2, 0.25) is 0 Å². The molecule has 1 aliphatic heterocycles. The number of halogens is 1. The van der Waals surface area contributed by atoms with Gasteiger partial charge in [0.05, 0.1) is 11.6 Å². The number of para-hydroxylation sites is 1. The molecule has 1 atom stereocenters. The molecule has 0 spiro atoms. The summed E-state index contributed by atoms with van der Waals surface area (Å²) in [6.07, 6.45) is 0.955. The fourth-order valence-corrected chi connectivity index (χ4v) is 1.91. The van der Waals surface area contributed by atoms with Crippen LogP contribution in [0.5, 0.6) is 5.75 Å². The summed E-state index contributed by atoms with van der Waals surface area (Å²) >= 11 is 10.4. The van der Waals surface area contributed by atoms with Crippen molar-refractivity contribution in [1.29, 1.82) is 0 Å². The first-order valence-electron chi connectivity index (χ1n) is 3.88. The molecule has 1 unspecified atom stereocenters. The highest BCUT2D eigenvalue weighted by atomic mass is 35.5. The summed E-state index contributed by atoms with van der Waals surface area (Å²) in [6, 6.07) is 5.78. The van der Waals surface area contributed by atoms with Gasteiger partial charge in [-0.2, -0.15) is 12.6 Å². The Morgan fingerprint density at radius 1 is 1.50 bits per heavy atom. The summed E-state index contributed by atoms with van der Waals surface area (Å²) < 4.78 is 5.44. The van der Waals surface area contributed by atoms with Crippen molar-refractivity contribution in [2.45, 2.75) is 11.7 Å². The molecule has 3 heteroatoms. The SMILES string of the molecule is SC1CCOc2c(Cl)cccc21. The van der Waals surface area contributed by atoms with E-state index in [-0.39, 0.29) is 5.25 Å². The van der Waals surface area contributed by atoms with Crippen LogP contribution in [0.2, 0.25) is 5.02 Å². The summed E-state index contributed by atoms with van der Waals surface area (Å²) in [6.45, 7) is 0.713.